The minimum absolute atomic E-state index is 0.112. The standard InChI is InChI=1S/C7H15NO2/c1-4-3-6(8)7(9)5(2)10-4/h4-7,9H,3,8H2,1-2H3/t4-,5-,6?,7-/m0/s1. The summed E-state index contributed by atoms with van der Waals surface area (Å²) in [5, 5.41) is 9.31. The molecule has 0 aromatic rings. The van der Waals surface area contributed by atoms with Crippen LogP contribution in [0.3, 0.4) is 0 Å². The lowest BCUT2D eigenvalue weighted by molar-refractivity contribution is -0.110. The van der Waals surface area contributed by atoms with Crippen molar-refractivity contribution in [2.24, 2.45) is 5.73 Å². The number of ether oxygens (including phenoxy) is 1. The molecule has 1 unspecified atom stereocenters. The van der Waals surface area contributed by atoms with Crippen LogP contribution in [-0.2, 0) is 4.74 Å². The Morgan fingerprint density at radius 2 is 2.10 bits per heavy atom. The molecule has 0 aromatic heterocycles. The van der Waals surface area contributed by atoms with Gasteiger partial charge < -0.3 is 15.6 Å². The van der Waals surface area contributed by atoms with Gasteiger partial charge in [0, 0.05) is 6.04 Å². The summed E-state index contributed by atoms with van der Waals surface area (Å²) in [5.41, 5.74) is 5.63. The van der Waals surface area contributed by atoms with Gasteiger partial charge in [-0.1, -0.05) is 0 Å². The highest BCUT2D eigenvalue weighted by molar-refractivity contribution is 4.84. The zero-order chi connectivity index (χ0) is 7.72. The molecular formula is C7H15NO2. The summed E-state index contributed by atoms with van der Waals surface area (Å²) >= 11 is 0. The fourth-order valence-electron chi connectivity index (χ4n) is 1.37. The maximum atomic E-state index is 9.31. The first kappa shape index (κ1) is 7.98. The third-order valence-corrected chi connectivity index (χ3v) is 1.97. The summed E-state index contributed by atoms with van der Waals surface area (Å²) in [4.78, 5) is 0. The van der Waals surface area contributed by atoms with Gasteiger partial charge in [-0.05, 0) is 20.3 Å². The molecule has 0 aromatic carbocycles. The van der Waals surface area contributed by atoms with E-state index >= 15 is 0 Å². The van der Waals surface area contributed by atoms with Gasteiger partial charge in [0.05, 0.1) is 18.3 Å². The van der Waals surface area contributed by atoms with E-state index < -0.39 is 6.10 Å². The molecule has 1 rings (SSSR count). The van der Waals surface area contributed by atoms with Crippen molar-refractivity contribution in [1.29, 1.82) is 0 Å². The number of aliphatic hydroxyl groups is 1. The second-order valence-corrected chi connectivity index (χ2v) is 3.04. The molecule has 3 heteroatoms. The zero-order valence-corrected chi connectivity index (χ0v) is 6.45. The Kier molecular flexibility index (Phi) is 2.28. The summed E-state index contributed by atoms with van der Waals surface area (Å²) in [6.45, 7) is 3.82. The molecule has 0 spiro atoms. The van der Waals surface area contributed by atoms with E-state index in [1.54, 1.807) is 0 Å². The van der Waals surface area contributed by atoms with Crippen LogP contribution in [0.1, 0.15) is 20.3 Å². The van der Waals surface area contributed by atoms with Crippen LogP contribution < -0.4 is 5.73 Å². The Morgan fingerprint density at radius 1 is 1.50 bits per heavy atom. The first-order valence-corrected chi connectivity index (χ1v) is 3.70. The predicted octanol–water partition coefficient (Wildman–Crippen LogP) is -0.128. The average Bonchev–Trinajstić information content (AvgIpc) is 1.82. The summed E-state index contributed by atoms with van der Waals surface area (Å²) in [6, 6.07) is -0.112. The SMILES string of the molecule is C[C@@H]1O[C@@H](C)CC(N)[C@H]1O. The van der Waals surface area contributed by atoms with Gasteiger partial charge in [0.25, 0.3) is 0 Å². The molecular weight excluding hydrogens is 130 g/mol. The molecule has 0 aliphatic carbocycles. The van der Waals surface area contributed by atoms with Crippen LogP contribution >= 0.6 is 0 Å². The van der Waals surface area contributed by atoms with Crippen LogP contribution in [0.2, 0.25) is 0 Å². The Bertz CT molecular complexity index is 106. The van der Waals surface area contributed by atoms with E-state index in [9.17, 15) is 5.11 Å². The lowest BCUT2D eigenvalue weighted by Crippen LogP contribution is -2.50. The van der Waals surface area contributed by atoms with Crippen molar-refractivity contribution in [1.82, 2.24) is 0 Å². The van der Waals surface area contributed by atoms with Crippen LogP contribution in [0.5, 0.6) is 0 Å². The smallest absolute Gasteiger partial charge is 0.0950 e. The first-order chi connectivity index (χ1) is 4.61. The van der Waals surface area contributed by atoms with E-state index in [1.165, 1.54) is 0 Å². The van der Waals surface area contributed by atoms with Gasteiger partial charge in [0.2, 0.25) is 0 Å². The van der Waals surface area contributed by atoms with Crippen LogP contribution in [-0.4, -0.2) is 29.5 Å². The second-order valence-electron chi connectivity index (χ2n) is 3.04. The lowest BCUT2D eigenvalue weighted by Gasteiger charge is -2.34. The highest BCUT2D eigenvalue weighted by atomic mass is 16.5. The van der Waals surface area contributed by atoms with Crippen molar-refractivity contribution < 1.29 is 9.84 Å². The third kappa shape index (κ3) is 1.48. The number of aliphatic hydroxyl groups excluding tert-OH is 1. The summed E-state index contributed by atoms with van der Waals surface area (Å²) in [7, 11) is 0. The number of nitrogens with two attached hydrogens (primary N) is 1. The maximum Gasteiger partial charge on any atom is 0.0950 e. The molecule has 4 atom stereocenters. The molecule has 1 heterocycles. The van der Waals surface area contributed by atoms with E-state index in [2.05, 4.69) is 0 Å². The van der Waals surface area contributed by atoms with Crippen molar-refractivity contribution in [2.75, 3.05) is 0 Å². The monoisotopic (exact) mass is 145 g/mol. The van der Waals surface area contributed by atoms with Crippen LogP contribution in [0, 0.1) is 0 Å². The normalized spacial score (nSPS) is 49.2. The quantitative estimate of drug-likeness (QED) is 0.499. The molecule has 3 nitrogen and oxygen atoms in total. The van der Waals surface area contributed by atoms with E-state index in [0.29, 0.717) is 0 Å². The van der Waals surface area contributed by atoms with Gasteiger partial charge in [0.15, 0.2) is 0 Å². The molecule has 0 bridgehead atoms. The first-order valence-electron chi connectivity index (χ1n) is 3.70. The molecule has 1 aliphatic rings. The van der Waals surface area contributed by atoms with Crippen molar-refractivity contribution >= 4 is 0 Å². The van der Waals surface area contributed by atoms with E-state index in [4.69, 9.17) is 10.5 Å². The van der Waals surface area contributed by atoms with Gasteiger partial charge in [-0.3, -0.25) is 0 Å². The zero-order valence-electron chi connectivity index (χ0n) is 6.45. The minimum Gasteiger partial charge on any atom is -0.389 e. The highest BCUT2D eigenvalue weighted by Gasteiger charge is 2.30. The van der Waals surface area contributed by atoms with Crippen LogP contribution in [0.15, 0.2) is 0 Å². The number of rotatable bonds is 0. The Hall–Kier alpha value is -0.120. The fraction of sp³-hybridized carbons (Fsp3) is 1.00. The second kappa shape index (κ2) is 2.86. The van der Waals surface area contributed by atoms with Gasteiger partial charge in [-0.2, -0.15) is 0 Å². The van der Waals surface area contributed by atoms with E-state index in [-0.39, 0.29) is 18.2 Å². The molecule has 0 radical (unpaired) electrons. The summed E-state index contributed by atoms with van der Waals surface area (Å²) < 4.78 is 5.34. The third-order valence-electron chi connectivity index (χ3n) is 1.97. The maximum absolute atomic E-state index is 9.31. The largest absolute Gasteiger partial charge is 0.389 e. The van der Waals surface area contributed by atoms with E-state index in [0.717, 1.165) is 6.42 Å². The van der Waals surface area contributed by atoms with Crippen LogP contribution in [0.25, 0.3) is 0 Å². The van der Waals surface area contributed by atoms with Gasteiger partial charge in [-0.25, -0.2) is 0 Å². The summed E-state index contributed by atoms with van der Waals surface area (Å²) in [6.07, 6.45) is 0.342. The Balaban J connectivity index is 2.49. The molecule has 3 N–H and O–H groups in total. The molecule has 0 amide bonds. The van der Waals surface area contributed by atoms with Crippen molar-refractivity contribution in [3.05, 3.63) is 0 Å². The minimum atomic E-state index is -0.490. The molecule has 0 saturated carbocycles. The fourth-order valence-corrected chi connectivity index (χ4v) is 1.37. The molecule has 1 saturated heterocycles. The highest BCUT2D eigenvalue weighted by Crippen LogP contribution is 2.17. The van der Waals surface area contributed by atoms with Crippen LogP contribution in [0.4, 0.5) is 0 Å². The molecule has 10 heavy (non-hydrogen) atoms. The number of hydrogen-bond donors (Lipinski definition) is 2. The molecule has 60 valence electrons. The Morgan fingerprint density at radius 3 is 2.60 bits per heavy atom. The number of hydrogen-bond acceptors (Lipinski definition) is 3. The van der Waals surface area contributed by atoms with Gasteiger partial charge in [0.1, 0.15) is 0 Å². The van der Waals surface area contributed by atoms with E-state index in [1.807, 2.05) is 13.8 Å². The van der Waals surface area contributed by atoms with Crippen molar-refractivity contribution in [3.63, 3.8) is 0 Å². The van der Waals surface area contributed by atoms with Crippen molar-refractivity contribution in [3.8, 4) is 0 Å². The lowest BCUT2D eigenvalue weighted by atomic mass is 9.98. The Labute approximate surface area is 61.2 Å². The van der Waals surface area contributed by atoms with Crippen molar-refractivity contribution in [2.45, 2.75) is 44.6 Å². The van der Waals surface area contributed by atoms with Gasteiger partial charge >= 0.3 is 0 Å². The molecule has 1 fully saturated rings. The predicted molar refractivity (Wildman–Crippen MR) is 38.6 cm³/mol. The summed E-state index contributed by atoms with van der Waals surface area (Å²) in [5.74, 6) is 0. The molecule has 1 aliphatic heterocycles. The van der Waals surface area contributed by atoms with Gasteiger partial charge in [-0.15, -0.1) is 0 Å². The average molecular weight is 145 g/mol. The topological polar surface area (TPSA) is 55.5 Å².